The molecule has 0 radical (unpaired) electrons. The highest BCUT2D eigenvalue weighted by molar-refractivity contribution is 5.70. The van der Waals surface area contributed by atoms with Crippen molar-refractivity contribution in [2.75, 3.05) is 47.5 Å². The van der Waals surface area contributed by atoms with Crippen molar-refractivity contribution in [2.24, 2.45) is 0 Å². The van der Waals surface area contributed by atoms with Crippen LogP contribution in [0.15, 0.2) is 170 Å². The van der Waals surface area contributed by atoms with E-state index in [-0.39, 0.29) is 38.6 Å². The third-order valence-electron chi connectivity index (χ3n) is 15.5. The Kier molecular flexibility index (Phi) is 68.3. The molecule has 93 heavy (non-hydrogen) atoms. The lowest BCUT2D eigenvalue weighted by Crippen LogP contribution is -2.44. The molecule has 0 aliphatic heterocycles. The minimum atomic E-state index is -1.63. The number of esters is 2. The number of hydrogen-bond donors (Lipinski definition) is 0. The van der Waals surface area contributed by atoms with Gasteiger partial charge in [0, 0.05) is 12.8 Å². The van der Waals surface area contributed by atoms with Gasteiger partial charge in [-0.1, -0.05) is 312 Å². The first-order chi connectivity index (χ1) is 45.6. The average molecular weight is 1290 g/mol. The first kappa shape index (κ1) is 87.7. The number of carbonyl (C=O) groups excluding carboxylic acids is 3. The number of unbranched alkanes of at least 4 members (excludes halogenated alkanes) is 24. The van der Waals surface area contributed by atoms with Crippen LogP contribution in [0.25, 0.3) is 0 Å². The van der Waals surface area contributed by atoms with Crippen LogP contribution in [0.4, 0.5) is 0 Å². The van der Waals surface area contributed by atoms with Gasteiger partial charge in [-0.15, -0.1) is 0 Å². The smallest absolute Gasteiger partial charge is 0.306 e. The highest BCUT2D eigenvalue weighted by Crippen LogP contribution is 2.17. The predicted octanol–water partition coefficient (Wildman–Crippen LogP) is 22.5. The van der Waals surface area contributed by atoms with E-state index in [2.05, 4.69) is 184 Å². The molecular weight excluding hydrogens is 1150 g/mol. The molecule has 0 spiro atoms. The molecule has 0 aromatic heterocycles. The van der Waals surface area contributed by atoms with E-state index in [4.69, 9.17) is 18.9 Å². The monoisotopic (exact) mass is 1290 g/mol. The molecule has 9 heteroatoms. The summed E-state index contributed by atoms with van der Waals surface area (Å²) < 4.78 is 22.8. The van der Waals surface area contributed by atoms with E-state index in [9.17, 15) is 19.5 Å². The van der Waals surface area contributed by atoms with E-state index in [0.717, 1.165) is 141 Å². The van der Waals surface area contributed by atoms with E-state index in [0.29, 0.717) is 17.4 Å². The molecule has 0 saturated carbocycles. The number of likely N-dealkylation sites (N-methyl/N-ethyl adjacent to an activating group) is 1. The van der Waals surface area contributed by atoms with Crippen LogP contribution in [0.5, 0.6) is 0 Å². The molecule has 0 bridgehead atoms. The van der Waals surface area contributed by atoms with Gasteiger partial charge in [0.05, 0.1) is 40.3 Å². The van der Waals surface area contributed by atoms with Gasteiger partial charge in [-0.05, 0) is 128 Å². The topological polar surface area (TPSA) is 111 Å². The quantitative estimate of drug-likeness (QED) is 0.0195. The molecule has 2 atom stereocenters. The molecule has 526 valence electrons. The van der Waals surface area contributed by atoms with Crippen LogP contribution in [0, 0.1) is 0 Å². The Balaban J connectivity index is 4.12. The maximum Gasteiger partial charge on any atom is 0.306 e. The van der Waals surface area contributed by atoms with Gasteiger partial charge in [0.15, 0.2) is 12.4 Å². The molecule has 0 amide bonds. The minimum absolute atomic E-state index is 0.138. The van der Waals surface area contributed by atoms with Crippen LogP contribution in [-0.2, 0) is 33.3 Å². The fourth-order valence-corrected chi connectivity index (χ4v) is 9.85. The van der Waals surface area contributed by atoms with Crippen LogP contribution < -0.4 is 5.11 Å². The maximum absolute atomic E-state index is 13.0. The molecule has 0 aromatic rings. The van der Waals surface area contributed by atoms with Crippen LogP contribution in [0.1, 0.15) is 284 Å². The first-order valence-corrected chi connectivity index (χ1v) is 37.3. The van der Waals surface area contributed by atoms with Gasteiger partial charge >= 0.3 is 11.9 Å². The molecule has 0 aromatic carbocycles. The molecule has 9 nitrogen and oxygen atoms in total. The normalized spacial score (nSPS) is 13.7. The van der Waals surface area contributed by atoms with E-state index in [1.54, 1.807) is 0 Å². The van der Waals surface area contributed by atoms with Crippen molar-refractivity contribution in [3.8, 4) is 0 Å². The van der Waals surface area contributed by atoms with Gasteiger partial charge in [-0.2, -0.15) is 0 Å². The summed E-state index contributed by atoms with van der Waals surface area (Å²) in [5.41, 5.74) is 0. The average Bonchev–Trinajstić information content (AvgIpc) is 3.38. The molecule has 0 rings (SSSR count). The van der Waals surface area contributed by atoms with Crippen LogP contribution in [0.2, 0.25) is 0 Å². The van der Waals surface area contributed by atoms with E-state index >= 15 is 0 Å². The standard InChI is InChI=1S/C84H137NO8/c1-6-8-10-12-14-16-18-20-22-24-26-28-30-32-34-36-37-38-39-40-41-42-43-44-45-47-49-51-53-55-57-59-61-63-65-67-69-71-73-75-82(87)93-80(79-92-84(83(88)89)90-77-76-85(3,4)5)78-91-81(86)74-72-70-68-66-64-62-60-58-56-54-52-50-48-46-35-33-31-29-27-25-23-21-19-17-15-13-11-9-7-2/h8-11,14-17,20-23,26-29,32-35,37-38,40-41,48,50,54,56,80,84H,6-7,12-13,18-19,24-25,30-31,36,39,42-47,49,51-53,55,57-79H2,1-5H3/b10-8-,11-9-,16-14-,17-15-,22-20-,23-21-,28-26-,29-27-,34-32-,35-33-,38-37-,41-40-,50-48-,56-54-. The molecular formula is C84H137NO8. The Hall–Kier alpha value is -5.35. The molecule has 2 unspecified atom stereocenters. The van der Waals surface area contributed by atoms with Gasteiger partial charge in [0.1, 0.15) is 13.2 Å². The largest absolute Gasteiger partial charge is 0.545 e. The lowest BCUT2D eigenvalue weighted by Gasteiger charge is -2.26. The Morgan fingerprint density at radius 1 is 0.323 bits per heavy atom. The molecule has 0 heterocycles. The number of rotatable bonds is 67. The highest BCUT2D eigenvalue weighted by atomic mass is 16.7. The van der Waals surface area contributed by atoms with Gasteiger partial charge in [0.2, 0.25) is 0 Å². The van der Waals surface area contributed by atoms with Crippen molar-refractivity contribution in [2.45, 2.75) is 296 Å². The summed E-state index contributed by atoms with van der Waals surface area (Å²) >= 11 is 0. The third kappa shape index (κ3) is 73.9. The van der Waals surface area contributed by atoms with Gasteiger partial charge in [0.25, 0.3) is 0 Å². The number of ether oxygens (including phenoxy) is 4. The van der Waals surface area contributed by atoms with Crippen LogP contribution >= 0.6 is 0 Å². The molecule has 0 N–H and O–H groups in total. The molecule has 0 saturated heterocycles. The summed E-state index contributed by atoms with van der Waals surface area (Å²) in [5.74, 6) is -2.30. The predicted molar refractivity (Wildman–Crippen MR) is 398 cm³/mol. The van der Waals surface area contributed by atoms with E-state index in [1.807, 2.05) is 21.1 Å². The summed E-state index contributed by atoms with van der Waals surface area (Å²) in [6.45, 7) is 4.51. The van der Waals surface area contributed by atoms with Crippen molar-refractivity contribution in [3.05, 3.63) is 170 Å². The zero-order valence-corrected chi connectivity index (χ0v) is 60.1. The van der Waals surface area contributed by atoms with Crippen molar-refractivity contribution < 1.29 is 42.9 Å². The maximum atomic E-state index is 13.0. The summed E-state index contributed by atoms with van der Waals surface area (Å²) in [5, 5.41) is 11.8. The first-order valence-electron chi connectivity index (χ1n) is 37.3. The molecule has 0 fully saturated rings. The number of carbonyl (C=O) groups is 3. The number of quaternary nitrogens is 1. The van der Waals surface area contributed by atoms with E-state index in [1.165, 1.54) is 109 Å². The summed E-state index contributed by atoms with van der Waals surface area (Å²) in [6.07, 6.45) is 106. The molecule has 0 aliphatic rings. The second kappa shape index (κ2) is 72.5. The van der Waals surface area contributed by atoms with Gasteiger partial charge < -0.3 is 33.3 Å². The number of allylic oxidation sites excluding steroid dienone is 28. The fourth-order valence-electron chi connectivity index (χ4n) is 9.85. The lowest BCUT2D eigenvalue weighted by molar-refractivity contribution is -0.870. The number of carboxylic acids is 1. The Morgan fingerprint density at radius 3 is 0.860 bits per heavy atom. The SMILES string of the molecule is CC/C=C\C/C=C\C/C=C\C/C=C\C/C=C\C/C=C\C/C=C\CCCCCCCCCCCCCCCCCCCC(=O)OC(COC(=O)CCCCCCCCC/C=C\C/C=C\C/C=C\C/C=C\C/C=C\C/C=C\C/C=C\CC)COC(OCC[N+](C)(C)C)C(=O)[O-]. The number of aliphatic carboxylic acids is 1. The highest BCUT2D eigenvalue weighted by Gasteiger charge is 2.22. The van der Waals surface area contributed by atoms with Gasteiger partial charge in [-0.3, -0.25) is 9.59 Å². The van der Waals surface area contributed by atoms with Crippen LogP contribution in [0.3, 0.4) is 0 Å². The second-order valence-electron chi connectivity index (χ2n) is 25.5. The van der Waals surface area contributed by atoms with Gasteiger partial charge in [-0.25, -0.2) is 0 Å². The second-order valence-corrected chi connectivity index (χ2v) is 25.5. The van der Waals surface area contributed by atoms with Crippen molar-refractivity contribution in [1.82, 2.24) is 0 Å². The summed E-state index contributed by atoms with van der Waals surface area (Å²) in [7, 11) is 5.92. The summed E-state index contributed by atoms with van der Waals surface area (Å²) in [6, 6.07) is 0. The molecule has 0 aliphatic carbocycles. The van der Waals surface area contributed by atoms with E-state index < -0.39 is 24.3 Å². The zero-order chi connectivity index (χ0) is 67.5. The Labute approximate surface area is 571 Å². The minimum Gasteiger partial charge on any atom is -0.545 e. The van der Waals surface area contributed by atoms with Crippen molar-refractivity contribution >= 4 is 17.9 Å². The Bertz CT molecular complexity index is 2140. The van der Waals surface area contributed by atoms with Crippen molar-refractivity contribution in [3.63, 3.8) is 0 Å². The lowest BCUT2D eigenvalue weighted by atomic mass is 10.0. The number of nitrogens with zero attached hydrogens (tertiary/aromatic N) is 1. The number of hydrogen-bond acceptors (Lipinski definition) is 8. The Morgan fingerprint density at radius 2 is 0.581 bits per heavy atom. The van der Waals surface area contributed by atoms with Crippen molar-refractivity contribution in [1.29, 1.82) is 0 Å². The van der Waals surface area contributed by atoms with Crippen LogP contribution in [-0.4, -0.2) is 82.3 Å². The third-order valence-corrected chi connectivity index (χ3v) is 15.5. The fraction of sp³-hybridized carbons (Fsp3) is 0.631. The number of carboxylic acid groups (broad SMARTS) is 1. The summed E-state index contributed by atoms with van der Waals surface area (Å²) in [4.78, 5) is 37.6. The zero-order valence-electron chi connectivity index (χ0n) is 60.1.